The first-order chi connectivity index (χ1) is 6.74. The molecule has 2 rings (SSSR count). The lowest BCUT2D eigenvalue weighted by atomic mass is 10.2. The van der Waals surface area contributed by atoms with Gasteiger partial charge in [0, 0.05) is 30.7 Å². The summed E-state index contributed by atoms with van der Waals surface area (Å²) < 4.78 is 0. The van der Waals surface area contributed by atoms with Crippen LogP contribution in [0.5, 0.6) is 0 Å². The Morgan fingerprint density at radius 2 is 2.12 bits per heavy atom. The molecule has 0 spiro atoms. The fourth-order valence-electron chi connectivity index (χ4n) is 1.90. The highest BCUT2D eigenvalue weighted by Gasteiger charge is 2.18. The van der Waals surface area contributed by atoms with Crippen LogP contribution in [0, 0.1) is 0 Å². The van der Waals surface area contributed by atoms with Crippen molar-refractivity contribution in [3.8, 4) is 0 Å². The zero-order valence-corrected chi connectivity index (χ0v) is 11.3. The first-order valence-electron chi connectivity index (χ1n) is 4.96. The molecule has 0 unspecified atom stereocenters. The van der Waals surface area contributed by atoms with Gasteiger partial charge in [0.05, 0.1) is 0 Å². The van der Waals surface area contributed by atoms with E-state index in [0.717, 1.165) is 31.1 Å². The fourth-order valence-corrected chi connectivity index (χ4v) is 2.11. The van der Waals surface area contributed by atoms with Crippen molar-refractivity contribution in [2.45, 2.75) is 19.0 Å². The lowest BCUT2D eigenvalue weighted by molar-refractivity contribution is 0.327. The van der Waals surface area contributed by atoms with Gasteiger partial charge in [-0.25, -0.2) is 0 Å². The Kier molecular flexibility index (Phi) is 7.36. The Morgan fingerprint density at radius 3 is 2.69 bits per heavy atom. The molecule has 92 valence electrons. The van der Waals surface area contributed by atoms with Crippen LogP contribution >= 0.6 is 36.4 Å². The summed E-state index contributed by atoms with van der Waals surface area (Å²) in [6.07, 6.45) is 1.11. The molecule has 0 aliphatic carbocycles. The van der Waals surface area contributed by atoms with Gasteiger partial charge in [-0.15, -0.1) is 24.8 Å². The number of hydrogen-bond acceptors (Lipinski definition) is 2. The van der Waals surface area contributed by atoms with E-state index in [0.29, 0.717) is 6.04 Å². The Labute approximate surface area is 114 Å². The summed E-state index contributed by atoms with van der Waals surface area (Å²) >= 11 is 5.92. The SMILES string of the molecule is Cl.Cl.N[C@@H]1CCN(Cc2cccc(Cl)c2)C1. The van der Waals surface area contributed by atoms with Crippen molar-refractivity contribution >= 4 is 36.4 Å². The highest BCUT2D eigenvalue weighted by molar-refractivity contribution is 6.30. The van der Waals surface area contributed by atoms with E-state index in [-0.39, 0.29) is 24.8 Å². The topological polar surface area (TPSA) is 29.3 Å². The van der Waals surface area contributed by atoms with Crippen molar-refractivity contribution in [1.82, 2.24) is 4.90 Å². The molecule has 2 nitrogen and oxygen atoms in total. The zero-order chi connectivity index (χ0) is 9.97. The van der Waals surface area contributed by atoms with Gasteiger partial charge in [-0.3, -0.25) is 4.90 Å². The highest BCUT2D eigenvalue weighted by Crippen LogP contribution is 2.15. The second-order valence-corrected chi connectivity index (χ2v) is 4.35. The van der Waals surface area contributed by atoms with Crippen LogP contribution in [0.15, 0.2) is 24.3 Å². The number of halogens is 3. The lowest BCUT2D eigenvalue weighted by Crippen LogP contribution is -2.26. The molecule has 1 atom stereocenters. The second-order valence-electron chi connectivity index (χ2n) is 3.91. The van der Waals surface area contributed by atoms with Gasteiger partial charge in [0.15, 0.2) is 0 Å². The average Bonchev–Trinajstić information content (AvgIpc) is 2.51. The standard InChI is InChI=1S/C11H15ClN2.2ClH/c12-10-3-1-2-9(6-10)7-14-5-4-11(13)8-14;;/h1-3,6,11H,4-5,7-8,13H2;2*1H/t11-;;/m1../s1. The third-order valence-corrected chi connectivity index (χ3v) is 2.84. The van der Waals surface area contributed by atoms with E-state index in [4.69, 9.17) is 17.3 Å². The van der Waals surface area contributed by atoms with Gasteiger partial charge in [-0.05, 0) is 24.1 Å². The minimum absolute atomic E-state index is 0. The summed E-state index contributed by atoms with van der Waals surface area (Å²) in [5.41, 5.74) is 7.11. The number of nitrogens with two attached hydrogens (primary N) is 1. The smallest absolute Gasteiger partial charge is 0.0409 e. The third kappa shape index (κ3) is 4.48. The molecule has 2 N–H and O–H groups in total. The van der Waals surface area contributed by atoms with E-state index in [1.807, 2.05) is 18.2 Å². The highest BCUT2D eigenvalue weighted by atomic mass is 35.5. The molecule has 1 heterocycles. The van der Waals surface area contributed by atoms with Gasteiger partial charge < -0.3 is 5.73 Å². The van der Waals surface area contributed by atoms with Crippen LogP contribution in [-0.2, 0) is 6.54 Å². The summed E-state index contributed by atoms with van der Waals surface area (Å²) in [4.78, 5) is 2.37. The predicted octanol–water partition coefficient (Wildman–Crippen LogP) is 2.72. The van der Waals surface area contributed by atoms with Gasteiger partial charge in [-0.1, -0.05) is 23.7 Å². The molecule has 5 heteroatoms. The van der Waals surface area contributed by atoms with Crippen molar-refractivity contribution in [2.24, 2.45) is 5.73 Å². The van der Waals surface area contributed by atoms with E-state index in [1.54, 1.807) is 0 Å². The minimum atomic E-state index is 0. The van der Waals surface area contributed by atoms with E-state index in [2.05, 4.69) is 11.0 Å². The summed E-state index contributed by atoms with van der Waals surface area (Å²) in [7, 11) is 0. The number of rotatable bonds is 2. The Balaban J connectivity index is 0.00000112. The molecule has 1 aliphatic rings. The van der Waals surface area contributed by atoms with E-state index in [9.17, 15) is 0 Å². The maximum Gasteiger partial charge on any atom is 0.0409 e. The molecular weight excluding hydrogens is 266 g/mol. The molecule has 1 fully saturated rings. The third-order valence-electron chi connectivity index (χ3n) is 2.60. The summed E-state index contributed by atoms with van der Waals surface area (Å²) in [5, 5.41) is 0.811. The molecule has 0 radical (unpaired) electrons. The van der Waals surface area contributed by atoms with Crippen LogP contribution in [0.3, 0.4) is 0 Å². The summed E-state index contributed by atoms with van der Waals surface area (Å²) in [6.45, 7) is 3.08. The molecular formula is C11H17Cl3N2. The Morgan fingerprint density at radius 1 is 1.38 bits per heavy atom. The van der Waals surface area contributed by atoms with E-state index >= 15 is 0 Å². The molecule has 0 saturated carbocycles. The van der Waals surface area contributed by atoms with E-state index in [1.165, 1.54) is 5.56 Å². The maximum absolute atomic E-state index is 5.92. The van der Waals surface area contributed by atoms with Crippen LogP contribution in [0.25, 0.3) is 0 Å². The van der Waals surface area contributed by atoms with Gasteiger partial charge in [-0.2, -0.15) is 0 Å². The normalized spacial score (nSPS) is 20.0. The number of benzene rings is 1. The Hall–Kier alpha value is 0.01000. The molecule has 1 aromatic carbocycles. The average molecular weight is 284 g/mol. The number of likely N-dealkylation sites (tertiary alicyclic amines) is 1. The fraction of sp³-hybridized carbons (Fsp3) is 0.455. The quantitative estimate of drug-likeness (QED) is 0.904. The molecule has 0 aromatic heterocycles. The second kappa shape index (κ2) is 7.36. The summed E-state index contributed by atoms with van der Waals surface area (Å²) in [6, 6.07) is 8.38. The first-order valence-corrected chi connectivity index (χ1v) is 5.34. The molecule has 0 bridgehead atoms. The molecule has 1 saturated heterocycles. The molecule has 1 aromatic rings. The monoisotopic (exact) mass is 282 g/mol. The zero-order valence-electron chi connectivity index (χ0n) is 8.93. The number of hydrogen-bond donors (Lipinski definition) is 1. The van der Waals surface area contributed by atoms with E-state index < -0.39 is 0 Å². The van der Waals surface area contributed by atoms with Gasteiger partial charge in [0.1, 0.15) is 0 Å². The lowest BCUT2D eigenvalue weighted by Gasteiger charge is -2.14. The van der Waals surface area contributed by atoms with Crippen LogP contribution < -0.4 is 5.73 Å². The molecule has 16 heavy (non-hydrogen) atoms. The first kappa shape index (κ1) is 16.0. The van der Waals surface area contributed by atoms with Crippen molar-refractivity contribution < 1.29 is 0 Å². The van der Waals surface area contributed by atoms with Crippen LogP contribution in [0.1, 0.15) is 12.0 Å². The van der Waals surface area contributed by atoms with Crippen LogP contribution in [0.2, 0.25) is 5.02 Å². The van der Waals surface area contributed by atoms with Crippen molar-refractivity contribution in [1.29, 1.82) is 0 Å². The Bertz CT molecular complexity index is 320. The van der Waals surface area contributed by atoms with Gasteiger partial charge >= 0.3 is 0 Å². The van der Waals surface area contributed by atoms with Crippen molar-refractivity contribution in [3.05, 3.63) is 34.9 Å². The van der Waals surface area contributed by atoms with Crippen molar-refractivity contribution in [2.75, 3.05) is 13.1 Å². The number of nitrogens with zero attached hydrogens (tertiary/aromatic N) is 1. The van der Waals surface area contributed by atoms with Crippen molar-refractivity contribution in [3.63, 3.8) is 0 Å². The minimum Gasteiger partial charge on any atom is -0.326 e. The summed E-state index contributed by atoms with van der Waals surface area (Å²) in [5.74, 6) is 0. The van der Waals surface area contributed by atoms with Crippen LogP contribution in [-0.4, -0.2) is 24.0 Å². The maximum atomic E-state index is 5.92. The molecule has 0 amide bonds. The van der Waals surface area contributed by atoms with Gasteiger partial charge in [0.2, 0.25) is 0 Å². The molecule has 1 aliphatic heterocycles. The largest absolute Gasteiger partial charge is 0.326 e. The predicted molar refractivity (Wildman–Crippen MR) is 73.8 cm³/mol. The van der Waals surface area contributed by atoms with Gasteiger partial charge in [0.25, 0.3) is 0 Å². The van der Waals surface area contributed by atoms with Crippen LogP contribution in [0.4, 0.5) is 0 Å².